The normalized spacial score (nSPS) is 13.0. The molecule has 1 unspecified atom stereocenters. The summed E-state index contributed by atoms with van der Waals surface area (Å²) in [6.45, 7) is 9.93. The van der Waals surface area contributed by atoms with Crippen LogP contribution in [0.2, 0.25) is 0 Å². The first-order chi connectivity index (χ1) is 10.7. The van der Waals surface area contributed by atoms with Crippen molar-refractivity contribution in [3.8, 4) is 0 Å². The van der Waals surface area contributed by atoms with Gasteiger partial charge in [-0.15, -0.1) is 11.3 Å². The molecule has 0 fully saturated rings. The van der Waals surface area contributed by atoms with Crippen LogP contribution in [0.5, 0.6) is 0 Å². The van der Waals surface area contributed by atoms with Crippen LogP contribution in [0.4, 0.5) is 0 Å². The minimum atomic E-state index is -0.297. The number of hydrogen-bond donors (Lipinski definition) is 0. The molecule has 2 rings (SSSR count). The number of amides is 1. The molecule has 2 aromatic heterocycles. The van der Waals surface area contributed by atoms with Gasteiger partial charge in [-0.2, -0.15) is 0 Å². The summed E-state index contributed by atoms with van der Waals surface area (Å²) in [4.78, 5) is 31.5. The molecule has 0 spiro atoms. The summed E-state index contributed by atoms with van der Waals surface area (Å²) >= 11 is 2.73. The van der Waals surface area contributed by atoms with Crippen LogP contribution in [-0.2, 0) is 11.8 Å². The lowest BCUT2D eigenvalue weighted by Crippen LogP contribution is -2.45. The molecular weight excluding hydrogens is 330 g/mol. The molecule has 23 heavy (non-hydrogen) atoms. The van der Waals surface area contributed by atoms with E-state index in [1.54, 1.807) is 7.05 Å². The average molecular weight is 354 g/mol. The van der Waals surface area contributed by atoms with Crippen LogP contribution in [-0.4, -0.2) is 37.7 Å². The maximum Gasteiger partial charge on any atom is 0.271 e. The third-order valence-electron chi connectivity index (χ3n) is 3.64. The highest BCUT2D eigenvalue weighted by Crippen LogP contribution is 2.25. The van der Waals surface area contributed by atoms with Crippen molar-refractivity contribution in [2.24, 2.45) is 7.05 Å². The first-order valence-corrected chi connectivity index (χ1v) is 9.43. The number of thioether (sulfide) groups is 1. The molecule has 2 aromatic rings. The largest absolute Gasteiger partial charge is 0.337 e. The molecule has 0 aliphatic heterocycles. The minimum Gasteiger partial charge on any atom is -0.337 e. The number of rotatable bonds is 5. The van der Waals surface area contributed by atoms with Gasteiger partial charge in [0.2, 0.25) is 5.91 Å². The van der Waals surface area contributed by atoms with Crippen LogP contribution >= 0.6 is 23.1 Å². The molecule has 0 bridgehead atoms. The third kappa shape index (κ3) is 3.61. The van der Waals surface area contributed by atoms with E-state index >= 15 is 0 Å². The maximum atomic E-state index is 12.7. The molecule has 126 valence electrons. The number of nitrogens with zero attached hydrogens (tertiary/aromatic N) is 3. The van der Waals surface area contributed by atoms with E-state index in [0.29, 0.717) is 15.4 Å². The first-order valence-electron chi connectivity index (χ1n) is 7.67. The minimum absolute atomic E-state index is 0.0586. The molecule has 0 saturated heterocycles. The standard InChI is InChI=1S/C16H23N3O2S2/c1-9(2)19(10(3)4)14(20)11(5)23-16-17-12-7-8-22-13(12)15(21)18(16)6/h7-11H,1-6H3. The van der Waals surface area contributed by atoms with E-state index < -0.39 is 0 Å². The molecule has 0 N–H and O–H groups in total. The van der Waals surface area contributed by atoms with Crippen LogP contribution in [0.1, 0.15) is 34.6 Å². The Hall–Kier alpha value is -1.34. The summed E-state index contributed by atoms with van der Waals surface area (Å²) in [7, 11) is 1.71. The zero-order valence-corrected chi connectivity index (χ0v) is 16.0. The predicted molar refractivity (Wildman–Crippen MR) is 97.3 cm³/mol. The highest BCUT2D eigenvalue weighted by Gasteiger charge is 2.27. The molecule has 7 heteroatoms. The number of carbonyl (C=O) groups is 1. The number of thiophene rings is 1. The lowest BCUT2D eigenvalue weighted by molar-refractivity contribution is -0.133. The number of fused-ring (bicyclic) bond motifs is 1. The van der Waals surface area contributed by atoms with E-state index in [0.717, 1.165) is 0 Å². The van der Waals surface area contributed by atoms with Crippen LogP contribution in [0.15, 0.2) is 21.4 Å². The molecule has 0 saturated carbocycles. The quantitative estimate of drug-likeness (QED) is 0.612. The van der Waals surface area contributed by atoms with Crippen molar-refractivity contribution >= 4 is 39.2 Å². The molecule has 0 aromatic carbocycles. The Morgan fingerprint density at radius 1 is 1.26 bits per heavy atom. The molecule has 1 amide bonds. The Bertz CT molecular complexity index is 756. The molecule has 0 radical (unpaired) electrons. The summed E-state index contributed by atoms with van der Waals surface area (Å²) in [5.74, 6) is 0.0691. The van der Waals surface area contributed by atoms with Crippen LogP contribution in [0, 0.1) is 0 Å². The van der Waals surface area contributed by atoms with Crippen molar-refractivity contribution in [1.82, 2.24) is 14.5 Å². The van der Waals surface area contributed by atoms with Crippen LogP contribution < -0.4 is 5.56 Å². The van der Waals surface area contributed by atoms with Gasteiger partial charge in [0.25, 0.3) is 5.56 Å². The second-order valence-corrected chi connectivity index (χ2v) is 8.31. The smallest absolute Gasteiger partial charge is 0.271 e. The lowest BCUT2D eigenvalue weighted by Gasteiger charge is -2.32. The second-order valence-electron chi connectivity index (χ2n) is 6.09. The average Bonchev–Trinajstić information content (AvgIpc) is 2.91. The van der Waals surface area contributed by atoms with Crippen LogP contribution in [0.3, 0.4) is 0 Å². The zero-order chi connectivity index (χ0) is 17.3. The van der Waals surface area contributed by atoms with Crippen molar-refractivity contribution in [2.75, 3.05) is 0 Å². The summed E-state index contributed by atoms with van der Waals surface area (Å²) in [5, 5.41) is 2.14. The lowest BCUT2D eigenvalue weighted by atomic mass is 10.2. The van der Waals surface area contributed by atoms with Gasteiger partial charge in [-0.25, -0.2) is 4.98 Å². The number of carbonyl (C=O) groups excluding carboxylic acids is 1. The highest BCUT2D eigenvalue weighted by molar-refractivity contribution is 8.00. The highest BCUT2D eigenvalue weighted by atomic mass is 32.2. The van der Waals surface area contributed by atoms with Gasteiger partial charge < -0.3 is 4.90 Å². The molecular formula is C16H23N3O2S2. The monoisotopic (exact) mass is 353 g/mol. The Kier molecular flexibility index (Phi) is 5.52. The second kappa shape index (κ2) is 7.05. The summed E-state index contributed by atoms with van der Waals surface area (Å²) in [5.41, 5.74) is 0.640. The Morgan fingerprint density at radius 3 is 2.43 bits per heavy atom. The van der Waals surface area contributed by atoms with E-state index in [2.05, 4.69) is 4.98 Å². The van der Waals surface area contributed by atoms with Gasteiger partial charge in [-0.3, -0.25) is 14.2 Å². The fraction of sp³-hybridized carbons (Fsp3) is 0.562. The van der Waals surface area contributed by atoms with Gasteiger partial charge >= 0.3 is 0 Å². The van der Waals surface area contributed by atoms with E-state index in [-0.39, 0.29) is 28.8 Å². The first kappa shape index (κ1) is 18.0. The summed E-state index contributed by atoms with van der Waals surface area (Å²) < 4.78 is 2.18. The third-order valence-corrected chi connectivity index (χ3v) is 5.67. The molecule has 5 nitrogen and oxygen atoms in total. The predicted octanol–water partition coefficient (Wildman–Crippen LogP) is 3.12. The Balaban J connectivity index is 2.29. The van der Waals surface area contributed by atoms with Gasteiger partial charge in [-0.1, -0.05) is 11.8 Å². The van der Waals surface area contributed by atoms with Crippen molar-refractivity contribution in [3.63, 3.8) is 0 Å². The van der Waals surface area contributed by atoms with Crippen molar-refractivity contribution < 1.29 is 4.79 Å². The fourth-order valence-electron chi connectivity index (χ4n) is 2.60. The van der Waals surface area contributed by atoms with Gasteiger partial charge in [0.05, 0.1) is 10.8 Å². The molecule has 0 aliphatic rings. The van der Waals surface area contributed by atoms with Gasteiger partial charge in [0.15, 0.2) is 5.16 Å². The molecule has 2 heterocycles. The molecule has 1 atom stereocenters. The molecule has 0 aliphatic carbocycles. The zero-order valence-electron chi connectivity index (χ0n) is 14.4. The van der Waals surface area contributed by atoms with E-state index in [9.17, 15) is 9.59 Å². The SMILES string of the molecule is CC(Sc1nc2ccsc2c(=O)n1C)C(=O)N(C(C)C)C(C)C. The van der Waals surface area contributed by atoms with Gasteiger partial charge in [0.1, 0.15) is 4.70 Å². The van der Waals surface area contributed by atoms with Crippen molar-refractivity contribution in [2.45, 2.75) is 57.1 Å². The fourth-order valence-corrected chi connectivity index (χ4v) is 4.33. The van der Waals surface area contributed by atoms with Crippen molar-refractivity contribution in [1.29, 1.82) is 0 Å². The van der Waals surface area contributed by atoms with E-state index in [1.165, 1.54) is 27.7 Å². The van der Waals surface area contributed by atoms with Gasteiger partial charge in [-0.05, 0) is 46.1 Å². The van der Waals surface area contributed by atoms with Crippen molar-refractivity contribution in [3.05, 3.63) is 21.8 Å². The summed E-state index contributed by atoms with van der Waals surface area (Å²) in [6.07, 6.45) is 0. The Labute approximate surface area is 144 Å². The van der Waals surface area contributed by atoms with Crippen LogP contribution in [0.25, 0.3) is 10.2 Å². The van der Waals surface area contributed by atoms with Gasteiger partial charge in [0, 0.05) is 19.1 Å². The maximum absolute atomic E-state index is 12.7. The topological polar surface area (TPSA) is 55.2 Å². The number of hydrogen-bond acceptors (Lipinski definition) is 5. The van der Waals surface area contributed by atoms with E-state index in [1.807, 2.05) is 51.0 Å². The Morgan fingerprint density at radius 2 is 1.87 bits per heavy atom. The number of aromatic nitrogens is 2. The summed E-state index contributed by atoms with van der Waals surface area (Å²) in [6, 6.07) is 2.12. The van der Waals surface area contributed by atoms with E-state index in [4.69, 9.17) is 0 Å².